The number of methoxy groups -OCH3 is 1. The highest BCUT2D eigenvalue weighted by Gasteiger charge is 2.33. The van der Waals surface area contributed by atoms with Crippen LogP contribution in [0.5, 0.6) is 0 Å². The van der Waals surface area contributed by atoms with Crippen LogP contribution < -0.4 is 10.6 Å². The second-order valence-electron chi connectivity index (χ2n) is 6.79. The van der Waals surface area contributed by atoms with Gasteiger partial charge in [0, 0.05) is 34.6 Å². The number of nitrogens with one attached hydrogen (secondary N) is 2. The molecule has 8 heteroatoms. The van der Waals surface area contributed by atoms with Gasteiger partial charge in [0.25, 0.3) is 6.04 Å². The second kappa shape index (κ2) is 9.43. The van der Waals surface area contributed by atoms with E-state index in [1.807, 2.05) is 36.4 Å². The minimum absolute atomic E-state index is 0.197. The van der Waals surface area contributed by atoms with Gasteiger partial charge in [-0.25, -0.2) is 4.79 Å². The number of hydrogen-bond acceptors (Lipinski definition) is 6. The molecule has 0 saturated carbocycles. The van der Waals surface area contributed by atoms with Crippen molar-refractivity contribution in [2.24, 2.45) is 0 Å². The third kappa shape index (κ3) is 5.26. The van der Waals surface area contributed by atoms with Gasteiger partial charge < -0.3 is 15.4 Å². The van der Waals surface area contributed by atoms with E-state index in [0.29, 0.717) is 41.4 Å². The van der Waals surface area contributed by atoms with Crippen LogP contribution in [0.1, 0.15) is 28.8 Å². The van der Waals surface area contributed by atoms with Gasteiger partial charge in [0.1, 0.15) is 0 Å². The van der Waals surface area contributed by atoms with Gasteiger partial charge in [-0.2, -0.15) is 0 Å². The van der Waals surface area contributed by atoms with E-state index in [9.17, 15) is 14.9 Å². The molecule has 2 aromatic carbocycles. The number of ether oxygens (including phenoxy) is 1. The lowest BCUT2D eigenvalue weighted by atomic mass is 9.94. The zero-order chi connectivity index (χ0) is 20.8. The summed E-state index contributed by atoms with van der Waals surface area (Å²) in [5.41, 5.74) is 2.51. The highest BCUT2D eigenvalue weighted by atomic mass is 35.5. The van der Waals surface area contributed by atoms with Crippen LogP contribution in [0.25, 0.3) is 0 Å². The molecule has 0 aliphatic heterocycles. The van der Waals surface area contributed by atoms with Crippen LogP contribution in [0.2, 0.25) is 5.02 Å². The van der Waals surface area contributed by atoms with E-state index in [0.717, 1.165) is 5.56 Å². The number of nitro groups is 1. The van der Waals surface area contributed by atoms with Crippen molar-refractivity contribution in [1.82, 2.24) is 5.32 Å². The maximum atomic E-state index is 12.0. The van der Waals surface area contributed by atoms with Crippen molar-refractivity contribution in [2.75, 3.05) is 12.4 Å². The highest BCUT2D eigenvalue weighted by Crippen LogP contribution is 2.27. The Labute approximate surface area is 173 Å². The fraction of sp³-hybridized carbons (Fsp3) is 0.286. The Kier molecular flexibility index (Phi) is 6.72. The molecule has 1 aliphatic rings. The summed E-state index contributed by atoms with van der Waals surface area (Å²) in [6.45, 7) is 0.527. The molecule has 2 unspecified atom stereocenters. The molecule has 2 N–H and O–H groups in total. The van der Waals surface area contributed by atoms with Gasteiger partial charge in [-0.3, -0.25) is 10.1 Å². The largest absolute Gasteiger partial charge is 0.465 e. The number of hydrogen-bond donors (Lipinski definition) is 2. The van der Waals surface area contributed by atoms with Crippen LogP contribution in [0.3, 0.4) is 0 Å². The SMILES string of the molecule is COC(=O)c1cc(Cl)ccc1NC1CC=C(NCc2ccccc2)C([N+](=O)[O-])C1. The molecule has 7 nitrogen and oxygen atoms in total. The van der Waals surface area contributed by atoms with Gasteiger partial charge in [0.15, 0.2) is 0 Å². The quantitative estimate of drug-likeness (QED) is 0.403. The van der Waals surface area contributed by atoms with E-state index in [2.05, 4.69) is 10.6 Å². The summed E-state index contributed by atoms with van der Waals surface area (Å²) in [7, 11) is 1.30. The zero-order valence-electron chi connectivity index (χ0n) is 15.9. The normalized spacial score (nSPS) is 18.5. The molecule has 0 aromatic heterocycles. The number of benzene rings is 2. The minimum Gasteiger partial charge on any atom is -0.465 e. The summed E-state index contributed by atoms with van der Waals surface area (Å²) in [4.78, 5) is 23.4. The van der Waals surface area contributed by atoms with Crippen molar-refractivity contribution in [3.05, 3.63) is 86.6 Å². The molecule has 0 spiro atoms. The predicted octanol–water partition coefficient (Wildman–Crippen LogP) is 4.02. The van der Waals surface area contributed by atoms with E-state index >= 15 is 0 Å². The van der Waals surface area contributed by atoms with Crippen LogP contribution in [-0.2, 0) is 11.3 Å². The standard InChI is InChI=1S/C21H22ClN3O4/c1-29-21(26)17-11-15(22)7-9-18(17)24-16-8-10-19(20(12-16)25(27)28)23-13-14-5-3-2-4-6-14/h2-7,9-11,16,20,23-24H,8,12-13H2,1H3. The third-order valence-corrected chi connectivity index (χ3v) is 5.06. The molecule has 0 amide bonds. The van der Waals surface area contributed by atoms with E-state index in [1.54, 1.807) is 12.1 Å². The van der Waals surface area contributed by atoms with Crippen molar-refractivity contribution < 1.29 is 14.5 Å². The summed E-state index contributed by atoms with van der Waals surface area (Å²) in [6.07, 6.45) is 2.74. The lowest BCUT2D eigenvalue weighted by molar-refractivity contribution is -0.514. The molecule has 0 fully saturated rings. The van der Waals surface area contributed by atoms with Crippen molar-refractivity contribution in [1.29, 1.82) is 0 Å². The first-order valence-corrected chi connectivity index (χ1v) is 9.61. The number of nitrogens with zero attached hydrogens (tertiary/aromatic N) is 1. The molecule has 29 heavy (non-hydrogen) atoms. The van der Waals surface area contributed by atoms with Gasteiger partial charge >= 0.3 is 5.97 Å². The Bertz CT molecular complexity index is 917. The smallest absolute Gasteiger partial charge is 0.340 e. The van der Waals surface area contributed by atoms with Gasteiger partial charge in [0.2, 0.25) is 0 Å². The summed E-state index contributed by atoms with van der Waals surface area (Å²) in [5.74, 6) is -0.516. The molecule has 0 heterocycles. The van der Waals surface area contributed by atoms with Gasteiger partial charge in [-0.1, -0.05) is 48.0 Å². The van der Waals surface area contributed by atoms with Crippen molar-refractivity contribution in [3.8, 4) is 0 Å². The number of rotatable bonds is 7. The lowest BCUT2D eigenvalue weighted by Gasteiger charge is -2.27. The van der Waals surface area contributed by atoms with Crippen molar-refractivity contribution >= 4 is 23.3 Å². The van der Waals surface area contributed by atoms with Crippen molar-refractivity contribution in [2.45, 2.75) is 31.5 Å². The summed E-state index contributed by atoms with van der Waals surface area (Å²) in [6, 6.07) is 13.6. The topological polar surface area (TPSA) is 93.5 Å². The van der Waals surface area contributed by atoms with Crippen molar-refractivity contribution in [3.63, 3.8) is 0 Å². The molecule has 3 rings (SSSR count). The van der Waals surface area contributed by atoms with Gasteiger partial charge in [-0.05, 0) is 30.2 Å². The zero-order valence-corrected chi connectivity index (χ0v) is 16.7. The molecule has 2 atom stereocenters. The first kappa shape index (κ1) is 20.7. The number of esters is 1. The average molecular weight is 416 g/mol. The fourth-order valence-electron chi connectivity index (χ4n) is 3.35. The summed E-state index contributed by atoms with van der Waals surface area (Å²) in [5, 5.41) is 18.5. The van der Waals surface area contributed by atoms with E-state index in [1.165, 1.54) is 13.2 Å². The van der Waals surface area contributed by atoms with E-state index in [-0.39, 0.29) is 11.0 Å². The van der Waals surface area contributed by atoms with Crippen LogP contribution in [0.4, 0.5) is 5.69 Å². The second-order valence-corrected chi connectivity index (χ2v) is 7.23. The first-order valence-electron chi connectivity index (χ1n) is 9.23. The molecular formula is C21H22ClN3O4. The molecular weight excluding hydrogens is 394 g/mol. The maximum absolute atomic E-state index is 12.0. The number of carbonyl (C=O) groups excluding carboxylic acids is 1. The number of carbonyl (C=O) groups is 1. The highest BCUT2D eigenvalue weighted by molar-refractivity contribution is 6.31. The Hall–Kier alpha value is -3.06. The Morgan fingerprint density at radius 1 is 1.28 bits per heavy atom. The summed E-state index contributed by atoms with van der Waals surface area (Å²) >= 11 is 5.99. The fourth-order valence-corrected chi connectivity index (χ4v) is 3.52. The summed E-state index contributed by atoms with van der Waals surface area (Å²) < 4.78 is 4.80. The molecule has 1 aliphatic carbocycles. The minimum atomic E-state index is -0.848. The lowest BCUT2D eigenvalue weighted by Crippen LogP contribution is -2.39. The van der Waals surface area contributed by atoms with Crippen LogP contribution >= 0.6 is 11.6 Å². The van der Waals surface area contributed by atoms with Gasteiger partial charge in [-0.15, -0.1) is 0 Å². The van der Waals surface area contributed by atoms with E-state index < -0.39 is 12.0 Å². The van der Waals surface area contributed by atoms with E-state index in [4.69, 9.17) is 16.3 Å². The monoisotopic (exact) mass is 415 g/mol. The Morgan fingerprint density at radius 2 is 2.03 bits per heavy atom. The third-order valence-electron chi connectivity index (χ3n) is 4.83. The first-order chi connectivity index (χ1) is 14.0. The maximum Gasteiger partial charge on any atom is 0.340 e. The van der Waals surface area contributed by atoms with Crippen LogP contribution in [0.15, 0.2) is 60.3 Å². The molecule has 0 bridgehead atoms. The average Bonchev–Trinajstić information content (AvgIpc) is 2.74. The van der Waals surface area contributed by atoms with Gasteiger partial charge in [0.05, 0.1) is 18.4 Å². The molecule has 2 aromatic rings. The van der Waals surface area contributed by atoms with Crippen LogP contribution in [-0.4, -0.2) is 30.1 Å². The Balaban J connectivity index is 1.73. The number of anilines is 1. The predicted molar refractivity (Wildman–Crippen MR) is 112 cm³/mol. The van der Waals surface area contributed by atoms with Crippen LogP contribution in [0, 0.1) is 10.1 Å². The molecule has 152 valence electrons. The molecule has 0 radical (unpaired) electrons. The number of halogens is 1. The Morgan fingerprint density at radius 3 is 2.72 bits per heavy atom. The molecule has 0 saturated heterocycles.